The van der Waals surface area contributed by atoms with Gasteiger partial charge in [0.25, 0.3) is 0 Å². The number of unbranched alkanes of at least 4 members (excludes halogenated alkanes) is 4. The molecule has 0 aliphatic rings. The third kappa shape index (κ3) is 13.4. The Balaban J connectivity index is 3.96. The van der Waals surface area contributed by atoms with Crippen LogP contribution in [0.4, 0.5) is 4.79 Å². The second kappa shape index (κ2) is 12.6. The third-order valence-corrected chi connectivity index (χ3v) is 3.76. The van der Waals surface area contributed by atoms with Gasteiger partial charge in [-0.15, -0.1) is 0 Å². The molecule has 0 fully saturated rings. The maximum Gasteiger partial charge on any atom is 0.410 e. The summed E-state index contributed by atoms with van der Waals surface area (Å²) in [5.41, 5.74) is -0.428. The van der Waals surface area contributed by atoms with Gasteiger partial charge in [0.1, 0.15) is 5.60 Å². The van der Waals surface area contributed by atoms with Gasteiger partial charge in [-0.1, -0.05) is 46.0 Å². The third-order valence-electron chi connectivity index (χ3n) is 3.76. The molecule has 4 nitrogen and oxygen atoms in total. The van der Waals surface area contributed by atoms with Crippen LogP contribution in [0.1, 0.15) is 86.5 Å². The monoisotopic (exact) mass is 328 g/mol. The lowest BCUT2D eigenvalue weighted by atomic mass is 10.1. The standard InChI is InChI=1S/C19H40N2O2/c1-7-9-10-11-12-13-17(3)20-14-16-21(15-8-2)18(22)23-19(4,5)6/h17,20H,7-16H2,1-6H3. The molecule has 0 aliphatic carbocycles. The fourth-order valence-corrected chi connectivity index (χ4v) is 2.49. The Labute approximate surface area is 144 Å². The van der Waals surface area contributed by atoms with E-state index in [1.165, 1.54) is 38.5 Å². The van der Waals surface area contributed by atoms with E-state index in [-0.39, 0.29) is 6.09 Å². The normalized spacial score (nSPS) is 13.0. The fourth-order valence-electron chi connectivity index (χ4n) is 2.49. The van der Waals surface area contributed by atoms with E-state index in [0.717, 1.165) is 19.5 Å². The molecule has 0 bridgehead atoms. The van der Waals surface area contributed by atoms with Crippen LogP contribution in [-0.4, -0.2) is 42.3 Å². The first kappa shape index (κ1) is 22.2. The Morgan fingerprint density at radius 2 is 1.70 bits per heavy atom. The van der Waals surface area contributed by atoms with Crippen LogP contribution in [0.2, 0.25) is 0 Å². The zero-order valence-electron chi connectivity index (χ0n) is 16.4. The molecule has 0 radical (unpaired) electrons. The lowest BCUT2D eigenvalue weighted by molar-refractivity contribution is 0.0250. The topological polar surface area (TPSA) is 41.6 Å². The van der Waals surface area contributed by atoms with E-state index < -0.39 is 5.60 Å². The van der Waals surface area contributed by atoms with Crippen molar-refractivity contribution >= 4 is 6.09 Å². The van der Waals surface area contributed by atoms with Crippen molar-refractivity contribution in [3.63, 3.8) is 0 Å². The minimum atomic E-state index is -0.428. The molecule has 0 aliphatic heterocycles. The van der Waals surface area contributed by atoms with Crippen molar-refractivity contribution in [3.8, 4) is 0 Å². The van der Waals surface area contributed by atoms with Gasteiger partial charge in [-0.25, -0.2) is 4.79 Å². The molecule has 0 saturated heterocycles. The predicted molar refractivity (Wildman–Crippen MR) is 98.9 cm³/mol. The molecule has 0 aromatic carbocycles. The second-order valence-corrected chi connectivity index (χ2v) is 7.53. The molecule has 0 spiro atoms. The summed E-state index contributed by atoms with van der Waals surface area (Å²) in [7, 11) is 0. The molecule has 1 atom stereocenters. The van der Waals surface area contributed by atoms with Crippen LogP contribution in [0.25, 0.3) is 0 Å². The largest absolute Gasteiger partial charge is 0.444 e. The van der Waals surface area contributed by atoms with Gasteiger partial charge in [0.2, 0.25) is 0 Å². The molecule has 1 amide bonds. The van der Waals surface area contributed by atoms with Crippen LogP contribution < -0.4 is 5.32 Å². The summed E-state index contributed by atoms with van der Waals surface area (Å²) in [5.74, 6) is 0. The van der Waals surface area contributed by atoms with Crippen LogP contribution in [-0.2, 0) is 4.74 Å². The van der Waals surface area contributed by atoms with Crippen molar-refractivity contribution in [2.45, 2.75) is 98.1 Å². The van der Waals surface area contributed by atoms with E-state index in [1.807, 2.05) is 25.7 Å². The van der Waals surface area contributed by atoms with E-state index in [2.05, 4.69) is 26.1 Å². The van der Waals surface area contributed by atoms with Crippen LogP contribution >= 0.6 is 0 Å². The number of rotatable bonds is 12. The summed E-state index contributed by atoms with van der Waals surface area (Å²) in [5, 5.41) is 3.53. The summed E-state index contributed by atoms with van der Waals surface area (Å²) in [6, 6.07) is 0.513. The van der Waals surface area contributed by atoms with Gasteiger partial charge in [-0.3, -0.25) is 0 Å². The van der Waals surface area contributed by atoms with Crippen molar-refractivity contribution in [1.29, 1.82) is 0 Å². The van der Waals surface area contributed by atoms with Gasteiger partial charge < -0.3 is 15.0 Å². The maximum absolute atomic E-state index is 12.2. The molecule has 23 heavy (non-hydrogen) atoms. The fraction of sp³-hybridized carbons (Fsp3) is 0.947. The number of nitrogens with zero attached hydrogens (tertiary/aromatic N) is 1. The van der Waals surface area contributed by atoms with Gasteiger partial charge in [0.05, 0.1) is 0 Å². The van der Waals surface area contributed by atoms with Crippen molar-refractivity contribution < 1.29 is 9.53 Å². The van der Waals surface area contributed by atoms with Gasteiger partial charge in [-0.2, -0.15) is 0 Å². The molecule has 4 heteroatoms. The van der Waals surface area contributed by atoms with Crippen LogP contribution in [0.5, 0.6) is 0 Å². The molecular formula is C19H40N2O2. The highest BCUT2D eigenvalue weighted by atomic mass is 16.6. The smallest absolute Gasteiger partial charge is 0.410 e. The summed E-state index contributed by atoms with van der Waals surface area (Å²) in [6.07, 6.45) is 8.59. The first-order valence-electron chi connectivity index (χ1n) is 9.51. The molecule has 138 valence electrons. The highest BCUT2D eigenvalue weighted by molar-refractivity contribution is 5.68. The summed E-state index contributed by atoms with van der Waals surface area (Å²) < 4.78 is 5.47. The van der Waals surface area contributed by atoms with Crippen LogP contribution in [0, 0.1) is 0 Å². The molecule has 0 aromatic rings. The summed E-state index contributed by atoms with van der Waals surface area (Å²) >= 11 is 0. The van der Waals surface area contributed by atoms with E-state index in [9.17, 15) is 4.79 Å². The number of carbonyl (C=O) groups excluding carboxylic acids is 1. The van der Waals surface area contributed by atoms with Crippen molar-refractivity contribution in [1.82, 2.24) is 10.2 Å². The molecule has 0 saturated carbocycles. The molecular weight excluding hydrogens is 288 g/mol. The molecule has 1 N–H and O–H groups in total. The number of hydrogen-bond donors (Lipinski definition) is 1. The van der Waals surface area contributed by atoms with Gasteiger partial charge >= 0.3 is 6.09 Å². The van der Waals surface area contributed by atoms with Crippen molar-refractivity contribution in [2.24, 2.45) is 0 Å². The van der Waals surface area contributed by atoms with E-state index >= 15 is 0 Å². The number of nitrogens with one attached hydrogen (secondary N) is 1. The Morgan fingerprint density at radius 1 is 1.04 bits per heavy atom. The highest BCUT2D eigenvalue weighted by Crippen LogP contribution is 2.10. The zero-order chi connectivity index (χ0) is 17.7. The Kier molecular flexibility index (Phi) is 12.2. The predicted octanol–water partition coefficient (Wildman–Crippen LogP) is 4.97. The van der Waals surface area contributed by atoms with E-state index in [1.54, 1.807) is 0 Å². The van der Waals surface area contributed by atoms with Crippen LogP contribution in [0.15, 0.2) is 0 Å². The first-order chi connectivity index (χ1) is 10.8. The minimum Gasteiger partial charge on any atom is -0.444 e. The average molecular weight is 329 g/mol. The zero-order valence-corrected chi connectivity index (χ0v) is 16.4. The lowest BCUT2D eigenvalue weighted by Crippen LogP contribution is -2.42. The molecule has 0 heterocycles. The van der Waals surface area contributed by atoms with Crippen molar-refractivity contribution in [2.75, 3.05) is 19.6 Å². The highest BCUT2D eigenvalue weighted by Gasteiger charge is 2.21. The SMILES string of the molecule is CCCCCCCC(C)NCCN(CCC)C(=O)OC(C)(C)C. The Morgan fingerprint density at radius 3 is 2.26 bits per heavy atom. The minimum absolute atomic E-state index is 0.201. The van der Waals surface area contributed by atoms with E-state index in [0.29, 0.717) is 12.6 Å². The van der Waals surface area contributed by atoms with Crippen molar-refractivity contribution in [3.05, 3.63) is 0 Å². The number of amides is 1. The Hall–Kier alpha value is -0.770. The van der Waals surface area contributed by atoms with Gasteiger partial charge in [-0.05, 0) is 40.5 Å². The van der Waals surface area contributed by atoms with Crippen LogP contribution in [0.3, 0.4) is 0 Å². The number of ether oxygens (including phenoxy) is 1. The maximum atomic E-state index is 12.2. The summed E-state index contributed by atoms with van der Waals surface area (Å²) in [4.78, 5) is 14.0. The first-order valence-corrected chi connectivity index (χ1v) is 9.51. The quantitative estimate of drug-likeness (QED) is 0.514. The number of carbonyl (C=O) groups is 1. The van der Waals surface area contributed by atoms with Gasteiger partial charge in [0.15, 0.2) is 0 Å². The molecule has 0 aromatic heterocycles. The number of hydrogen-bond acceptors (Lipinski definition) is 3. The van der Waals surface area contributed by atoms with Gasteiger partial charge in [0, 0.05) is 25.7 Å². The summed E-state index contributed by atoms with van der Waals surface area (Å²) in [6.45, 7) is 14.6. The lowest BCUT2D eigenvalue weighted by Gasteiger charge is -2.27. The van der Waals surface area contributed by atoms with E-state index in [4.69, 9.17) is 4.74 Å². The molecule has 1 unspecified atom stereocenters. The molecule has 0 rings (SSSR count). The average Bonchev–Trinajstić information content (AvgIpc) is 2.44. The Bertz CT molecular complexity index is 300. The second-order valence-electron chi connectivity index (χ2n) is 7.53.